The van der Waals surface area contributed by atoms with Crippen molar-refractivity contribution in [3.8, 4) is 0 Å². The van der Waals surface area contributed by atoms with Gasteiger partial charge in [0.1, 0.15) is 0 Å². The van der Waals surface area contributed by atoms with Crippen molar-refractivity contribution in [1.29, 1.82) is 0 Å². The summed E-state index contributed by atoms with van der Waals surface area (Å²) in [5.74, 6) is -2.44. The first-order valence-electron chi connectivity index (χ1n) is 3.73. The zero-order valence-electron chi connectivity index (χ0n) is 8.90. The minimum absolute atomic E-state index is 0. The van der Waals surface area contributed by atoms with Crippen molar-refractivity contribution in [2.45, 2.75) is 13.5 Å². The van der Waals surface area contributed by atoms with E-state index in [0.717, 1.165) is 6.08 Å². The maximum absolute atomic E-state index is 9.79. The second-order valence-corrected chi connectivity index (χ2v) is 18.2. The molecule has 0 fully saturated rings. The van der Waals surface area contributed by atoms with Gasteiger partial charge in [-0.3, -0.25) is 4.79 Å². The number of carbonyl (C=O) groups excluding carboxylic acids is 1. The van der Waals surface area contributed by atoms with E-state index in [4.69, 9.17) is 15.3 Å². The van der Waals surface area contributed by atoms with E-state index < -0.39 is 17.9 Å². The molecule has 0 saturated heterocycles. The van der Waals surface area contributed by atoms with Crippen LogP contribution < -0.4 is 13.3 Å². The van der Waals surface area contributed by atoms with Gasteiger partial charge in [-0.1, -0.05) is 20.1 Å². The third kappa shape index (κ3) is 45.0. The average molecular weight is 839 g/mol. The molecule has 0 aromatic carbocycles. The van der Waals surface area contributed by atoms with Crippen molar-refractivity contribution in [3.05, 3.63) is 25.3 Å². The van der Waals surface area contributed by atoms with Crippen LogP contribution in [0.3, 0.4) is 0 Å². The van der Waals surface area contributed by atoms with Crippen LogP contribution in [0, 0.1) is 0 Å². The van der Waals surface area contributed by atoms with Crippen LogP contribution >= 0.6 is 74.5 Å². The van der Waals surface area contributed by atoms with Crippen LogP contribution in [-0.2, 0) is 9.59 Å². The number of carboxylic acid groups (broad SMARTS) is 1. The number of carboxylic acids is 1. The summed E-state index contributed by atoms with van der Waals surface area (Å²) >= 11 is 9.54. The van der Waals surface area contributed by atoms with Crippen LogP contribution in [0.25, 0.3) is 0 Å². The zero-order valence-corrected chi connectivity index (χ0v) is 19.7. The molecular weight excluding hydrogens is 823 g/mol. The summed E-state index contributed by atoms with van der Waals surface area (Å²) in [5, 5.41) is 24.1. The normalized spacial score (nSPS) is 8.53. The van der Waals surface area contributed by atoms with Gasteiger partial charge in [-0.15, -0.1) is 6.58 Å². The van der Waals surface area contributed by atoms with Gasteiger partial charge in [0, 0.05) is 37.2 Å². The van der Waals surface area contributed by atoms with Gasteiger partial charge >= 0.3 is 56.5 Å². The Morgan fingerprint density at radius 3 is 1.58 bits per heavy atom. The molecule has 0 spiro atoms. The van der Waals surface area contributed by atoms with Crippen molar-refractivity contribution >= 4 is 86.2 Å². The van der Waals surface area contributed by atoms with Crippen LogP contribution in [0.4, 0.5) is 0 Å². The summed E-state index contributed by atoms with van der Waals surface area (Å²) in [5.41, 5.74) is 0. The summed E-state index contributed by atoms with van der Waals surface area (Å²) in [6, 6.07) is 0. The quantitative estimate of drug-likeness (QED) is 0.167. The van der Waals surface area contributed by atoms with E-state index >= 15 is 0 Å². The molecule has 0 aliphatic heterocycles. The first-order chi connectivity index (χ1) is 8.40. The third-order valence-corrected chi connectivity index (χ3v) is 0.855. The maximum atomic E-state index is 9.79. The van der Waals surface area contributed by atoms with E-state index in [0.29, 0.717) is 13.3 Å². The van der Waals surface area contributed by atoms with Crippen LogP contribution in [0.1, 0.15) is 7.43 Å². The molecule has 5 nitrogen and oxygen atoms in total. The number of hydrogen-bond donors (Lipinski definition) is 3. The van der Waals surface area contributed by atoms with E-state index in [-0.39, 0.29) is 14.0 Å². The first kappa shape index (κ1) is 33.0. The molecule has 118 valence electrons. The monoisotopic (exact) mass is 839 g/mol. The molecule has 0 radical (unpaired) electrons. The van der Waals surface area contributed by atoms with E-state index in [1.54, 1.807) is 0 Å². The number of aliphatic hydroxyl groups is 2. The zero-order chi connectivity index (χ0) is 15.6. The molecular formula is C9H16I5O5-. The second-order valence-electron chi connectivity index (χ2n) is 1.91. The number of ketones is 1. The van der Waals surface area contributed by atoms with E-state index in [1.807, 2.05) is 0 Å². The summed E-state index contributed by atoms with van der Waals surface area (Å²) < 4.78 is 0. The van der Waals surface area contributed by atoms with Gasteiger partial charge in [-0.05, 0) is 6.08 Å². The Hall–Kier alpha value is 2.19. The Labute approximate surface area is 167 Å². The third-order valence-electron chi connectivity index (χ3n) is 0.855. The van der Waals surface area contributed by atoms with Gasteiger partial charge in [0.2, 0.25) is 0 Å². The molecule has 19 heavy (non-hydrogen) atoms. The Balaban J connectivity index is -0.0000000499. The van der Waals surface area contributed by atoms with Crippen LogP contribution in [0.5, 0.6) is 0 Å². The van der Waals surface area contributed by atoms with E-state index in [1.165, 1.54) is 6.08 Å². The molecule has 0 aromatic rings. The van der Waals surface area contributed by atoms with Gasteiger partial charge < -0.3 is 15.3 Å². The van der Waals surface area contributed by atoms with Crippen molar-refractivity contribution < 1.29 is 38.2 Å². The predicted molar refractivity (Wildman–Crippen MR) is 109 cm³/mol. The Morgan fingerprint density at radius 2 is 1.58 bits per heavy atom. The molecule has 0 saturated carbocycles. The topological polar surface area (TPSA) is 94.8 Å². The van der Waals surface area contributed by atoms with Gasteiger partial charge in [0.25, 0.3) is 5.78 Å². The second kappa shape index (κ2) is 32.2. The fourth-order valence-electron chi connectivity index (χ4n) is 0.162. The van der Waals surface area contributed by atoms with Crippen LogP contribution in [0.15, 0.2) is 25.3 Å². The standard InChI is InChI=1S/C4H4O3.C4H8O2.CH4.I3.I2/c1-2-3(5)4(6)7;1-2-4(6)3-5;;1-3-2;1-2/h2H,1H2,(H,6,7);2,4-6H,1,3H2;1H4;;/q;;;-1;. The SMILES string of the molecule is C.C=CC(=O)C(=O)O.C=CC(O)CO.II.I[I-]I. The first-order valence-corrected chi connectivity index (χ1v) is 22.6. The molecule has 0 rings (SSSR count). The fourth-order valence-corrected chi connectivity index (χ4v) is 0.162. The number of rotatable bonds is 4. The number of carbonyl (C=O) groups is 2. The molecule has 1 unspecified atom stereocenters. The average Bonchev–Trinajstić information content (AvgIpc) is 2.40. The molecule has 0 heterocycles. The predicted octanol–water partition coefficient (Wildman–Crippen LogP) is 0.535. The Morgan fingerprint density at radius 1 is 1.26 bits per heavy atom. The molecule has 0 aliphatic carbocycles. The molecule has 0 aliphatic rings. The van der Waals surface area contributed by atoms with Gasteiger partial charge in [-0.25, -0.2) is 4.79 Å². The number of aliphatic hydroxyl groups excluding tert-OH is 2. The van der Waals surface area contributed by atoms with Crippen molar-refractivity contribution in [2.24, 2.45) is 0 Å². The number of hydrogen-bond acceptors (Lipinski definition) is 4. The Kier molecular flexibility index (Phi) is 55.9. The van der Waals surface area contributed by atoms with Crippen molar-refractivity contribution in [2.75, 3.05) is 6.61 Å². The van der Waals surface area contributed by atoms with Crippen molar-refractivity contribution in [1.82, 2.24) is 0 Å². The summed E-state index contributed by atoms with van der Waals surface area (Å²) in [4.78, 5) is 19.3. The molecule has 10 heteroatoms. The van der Waals surface area contributed by atoms with Crippen LogP contribution in [0.2, 0.25) is 0 Å². The molecule has 3 N–H and O–H groups in total. The van der Waals surface area contributed by atoms with Gasteiger partial charge in [-0.2, -0.15) is 0 Å². The molecule has 0 aromatic heterocycles. The van der Waals surface area contributed by atoms with Crippen LogP contribution in [-0.4, -0.2) is 39.8 Å². The summed E-state index contributed by atoms with van der Waals surface area (Å²) in [7, 11) is 0. The minimum atomic E-state index is -1.46. The van der Waals surface area contributed by atoms with E-state index in [2.05, 4.69) is 87.6 Å². The Bertz CT molecular complexity index is 225. The van der Waals surface area contributed by atoms with Crippen molar-refractivity contribution in [3.63, 3.8) is 0 Å². The number of aliphatic carboxylic acids is 1. The molecule has 0 bridgehead atoms. The van der Waals surface area contributed by atoms with Gasteiger partial charge in [0.05, 0.1) is 12.7 Å². The number of halogens is 5. The molecule has 0 amide bonds. The molecule has 1 atom stereocenters. The fraction of sp³-hybridized carbons (Fsp3) is 0.333. The van der Waals surface area contributed by atoms with Gasteiger partial charge in [0.15, 0.2) is 0 Å². The summed E-state index contributed by atoms with van der Waals surface area (Å²) in [6.07, 6.45) is 1.28. The summed E-state index contributed by atoms with van der Waals surface area (Å²) in [6.45, 7) is 5.94. The van der Waals surface area contributed by atoms with E-state index in [9.17, 15) is 9.59 Å².